The van der Waals surface area contributed by atoms with Gasteiger partial charge in [0, 0.05) is 12.6 Å². The van der Waals surface area contributed by atoms with Crippen molar-refractivity contribution >= 4 is 0 Å². The molecule has 0 aliphatic heterocycles. The Labute approximate surface area is 117 Å². The second-order valence-corrected chi connectivity index (χ2v) is 4.77. The molecule has 102 valence electrons. The lowest BCUT2D eigenvalue weighted by molar-refractivity contribution is 0.432. The Morgan fingerprint density at radius 2 is 2.15 bits per heavy atom. The third kappa shape index (κ3) is 2.11. The number of hydrogen-bond acceptors (Lipinski definition) is 4. The summed E-state index contributed by atoms with van der Waals surface area (Å²) in [6, 6.07) is 8.05. The molecule has 0 fully saturated rings. The molecule has 0 spiro atoms. The van der Waals surface area contributed by atoms with Crippen molar-refractivity contribution in [2.24, 2.45) is 7.05 Å². The first-order valence-corrected chi connectivity index (χ1v) is 6.61. The van der Waals surface area contributed by atoms with Gasteiger partial charge in [-0.25, -0.2) is 0 Å². The van der Waals surface area contributed by atoms with E-state index in [1.807, 2.05) is 42.9 Å². The molecule has 0 atom stereocenters. The largest absolute Gasteiger partial charge is 0.333 e. The summed E-state index contributed by atoms with van der Waals surface area (Å²) in [7, 11) is 1.92. The van der Waals surface area contributed by atoms with Crippen LogP contribution in [0.15, 0.2) is 35.0 Å². The smallest absolute Gasteiger partial charge is 0.261 e. The molecule has 0 bridgehead atoms. The maximum atomic E-state index is 5.39. The minimum atomic E-state index is 0.520. The summed E-state index contributed by atoms with van der Waals surface area (Å²) in [5.74, 6) is 1.13. The van der Waals surface area contributed by atoms with Crippen LogP contribution in [0.3, 0.4) is 0 Å². The maximum Gasteiger partial charge on any atom is 0.261 e. The van der Waals surface area contributed by atoms with Crippen molar-refractivity contribution < 1.29 is 4.52 Å². The zero-order valence-electron chi connectivity index (χ0n) is 11.8. The first kappa shape index (κ1) is 12.6. The minimum Gasteiger partial charge on any atom is -0.333 e. The Hall–Kier alpha value is -2.43. The van der Waals surface area contributed by atoms with Gasteiger partial charge < -0.3 is 4.52 Å². The average Bonchev–Trinajstić information content (AvgIpc) is 3.04. The molecule has 0 amide bonds. The van der Waals surface area contributed by atoms with Crippen LogP contribution in [-0.4, -0.2) is 19.9 Å². The highest BCUT2D eigenvalue weighted by Crippen LogP contribution is 2.25. The quantitative estimate of drug-likeness (QED) is 0.732. The molecule has 3 aromatic rings. The molecule has 0 aliphatic rings. The summed E-state index contributed by atoms with van der Waals surface area (Å²) in [5, 5.41) is 8.31. The minimum absolute atomic E-state index is 0.520. The van der Waals surface area contributed by atoms with Gasteiger partial charge in [0.2, 0.25) is 5.82 Å². The topological polar surface area (TPSA) is 56.7 Å². The van der Waals surface area contributed by atoms with Crippen LogP contribution >= 0.6 is 0 Å². The van der Waals surface area contributed by atoms with Gasteiger partial charge in [0.05, 0.1) is 17.5 Å². The lowest BCUT2D eigenvalue weighted by atomic mass is 10.1. The Morgan fingerprint density at radius 1 is 1.30 bits per heavy atom. The third-order valence-electron chi connectivity index (χ3n) is 3.33. The normalized spacial score (nSPS) is 10.9. The molecule has 0 saturated heterocycles. The molecule has 1 aromatic carbocycles. The van der Waals surface area contributed by atoms with Crippen molar-refractivity contribution in [3.05, 3.63) is 41.7 Å². The number of aromatic nitrogens is 4. The first-order valence-electron chi connectivity index (χ1n) is 6.61. The van der Waals surface area contributed by atoms with Gasteiger partial charge in [0.15, 0.2) is 0 Å². The van der Waals surface area contributed by atoms with Crippen LogP contribution in [0.1, 0.15) is 18.2 Å². The van der Waals surface area contributed by atoms with Crippen LogP contribution in [-0.2, 0) is 13.5 Å². The van der Waals surface area contributed by atoms with E-state index in [0.717, 1.165) is 23.2 Å². The summed E-state index contributed by atoms with van der Waals surface area (Å²) in [6.07, 6.45) is 2.64. The van der Waals surface area contributed by atoms with E-state index in [-0.39, 0.29) is 0 Å². The van der Waals surface area contributed by atoms with Crippen LogP contribution in [0.2, 0.25) is 0 Å². The monoisotopic (exact) mass is 268 g/mol. The molecule has 3 rings (SSSR count). The fourth-order valence-electron chi connectivity index (χ4n) is 2.30. The molecular weight excluding hydrogens is 252 g/mol. The van der Waals surface area contributed by atoms with E-state index in [4.69, 9.17) is 4.52 Å². The highest BCUT2D eigenvalue weighted by molar-refractivity contribution is 5.61. The molecule has 5 heteroatoms. The van der Waals surface area contributed by atoms with Crippen LogP contribution in [0.25, 0.3) is 22.8 Å². The Bertz CT molecular complexity index is 742. The molecule has 0 radical (unpaired) electrons. The zero-order chi connectivity index (χ0) is 14.1. The van der Waals surface area contributed by atoms with Gasteiger partial charge >= 0.3 is 0 Å². The van der Waals surface area contributed by atoms with Gasteiger partial charge in [-0.15, -0.1) is 0 Å². The van der Waals surface area contributed by atoms with E-state index in [2.05, 4.69) is 22.2 Å². The summed E-state index contributed by atoms with van der Waals surface area (Å²) in [4.78, 5) is 4.48. The van der Waals surface area contributed by atoms with E-state index in [9.17, 15) is 0 Å². The van der Waals surface area contributed by atoms with E-state index in [1.54, 1.807) is 6.20 Å². The number of aryl methyl sites for hydroxylation is 2. The van der Waals surface area contributed by atoms with Gasteiger partial charge in [-0.1, -0.05) is 35.8 Å². The van der Waals surface area contributed by atoms with Crippen molar-refractivity contribution in [1.82, 2.24) is 19.9 Å². The Kier molecular flexibility index (Phi) is 3.10. The van der Waals surface area contributed by atoms with Gasteiger partial charge in [-0.2, -0.15) is 10.1 Å². The highest BCUT2D eigenvalue weighted by Gasteiger charge is 2.16. The summed E-state index contributed by atoms with van der Waals surface area (Å²) in [6.45, 7) is 4.12. The fraction of sp³-hybridized carbons (Fsp3) is 0.267. The lowest BCUT2D eigenvalue weighted by Crippen LogP contribution is -1.97. The number of nitrogens with zero attached hydrogens (tertiary/aromatic N) is 4. The number of benzene rings is 1. The zero-order valence-corrected chi connectivity index (χ0v) is 11.8. The standard InChI is InChI=1S/C15H16N4O/c1-4-13-12(9-16-19(13)3)15-17-14(18-20-15)11-7-5-6-10(2)8-11/h5-9H,4H2,1-3H3. The first-order chi connectivity index (χ1) is 9.69. The van der Waals surface area contributed by atoms with Crippen LogP contribution < -0.4 is 0 Å². The van der Waals surface area contributed by atoms with Crippen LogP contribution in [0.5, 0.6) is 0 Å². The molecular formula is C15H16N4O. The van der Waals surface area contributed by atoms with Crippen molar-refractivity contribution in [1.29, 1.82) is 0 Å². The van der Waals surface area contributed by atoms with Crippen molar-refractivity contribution in [2.45, 2.75) is 20.3 Å². The van der Waals surface area contributed by atoms with Gasteiger partial charge in [-0.05, 0) is 19.4 Å². The molecule has 0 unspecified atom stereocenters. The third-order valence-corrected chi connectivity index (χ3v) is 3.33. The van der Waals surface area contributed by atoms with E-state index >= 15 is 0 Å². The van der Waals surface area contributed by atoms with E-state index in [1.165, 1.54) is 5.56 Å². The molecule has 20 heavy (non-hydrogen) atoms. The van der Waals surface area contributed by atoms with Gasteiger partial charge in [0.25, 0.3) is 5.89 Å². The highest BCUT2D eigenvalue weighted by atomic mass is 16.5. The van der Waals surface area contributed by atoms with E-state index in [0.29, 0.717) is 11.7 Å². The SMILES string of the molecule is CCc1c(-c2nc(-c3cccc(C)c3)no2)cnn1C. The average molecular weight is 268 g/mol. The van der Waals surface area contributed by atoms with Crippen molar-refractivity contribution in [3.8, 4) is 22.8 Å². The fourth-order valence-corrected chi connectivity index (χ4v) is 2.30. The molecule has 0 saturated carbocycles. The van der Waals surface area contributed by atoms with Gasteiger partial charge in [-0.3, -0.25) is 4.68 Å². The van der Waals surface area contributed by atoms with Crippen LogP contribution in [0.4, 0.5) is 0 Å². The summed E-state index contributed by atoms with van der Waals surface area (Å²) < 4.78 is 7.23. The van der Waals surface area contributed by atoms with E-state index < -0.39 is 0 Å². The van der Waals surface area contributed by atoms with Crippen molar-refractivity contribution in [2.75, 3.05) is 0 Å². The maximum absolute atomic E-state index is 5.39. The second kappa shape index (κ2) is 4.92. The Balaban J connectivity index is 2.02. The lowest BCUT2D eigenvalue weighted by Gasteiger charge is -1.98. The molecule has 0 N–H and O–H groups in total. The molecule has 5 nitrogen and oxygen atoms in total. The van der Waals surface area contributed by atoms with Gasteiger partial charge in [0.1, 0.15) is 0 Å². The number of hydrogen-bond donors (Lipinski definition) is 0. The predicted molar refractivity (Wildman–Crippen MR) is 76.1 cm³/mol. The van der Waals surface area contributed by atoms with Crippen LogP contribution in [0, 0.1) is 6.92 Å². The van der Waals surface area contributed by atoms with Crippen molar-refractivity contribution in [3.63, 3.8) is 0 Å². The summed E-state index contributed by atoms with van der Waals surface area (Å²) >= 11 is 0. The summed E-state index contributed by atoms with van der Waals surface area (Å²) in [5.41, 5.74) is 4.12. The Morgan fingerprint density at radius 3 is 2.90 bits per heavy atom. The molecule has 2 aromatic heterocycles. The number of rotatable bonds is 3. The second-order valence-electron chi connectivity index (χ2n) is 4.77. The molecule has 0 aliphatic carbocycles. The predicted octanol–water partition coefficient (Wildman–Crippen LogP) is 3.01. The molecule has 2 heterocycles.